The van der Waals surface area contributed by atoms with Gasteiger partial charge in [0.05, 0.1) is 23.0 Å². The van der Waals surface area contributed by atoms with E-state index in [0.29, 0.717) is 33.4 Å². The van der Waals surface area contributed by atoms with Gasteiger partial charge >= 0.3 is 0 Å². The highest BCUT2D eigenvalue weighted by Gasteiger charge is 2.31. The van der Waals surface area contributed by atoms with Gasteiger partial charge in [0.1, 0.15) is 29.9 Å². The summed E-state index contributed by atoms with van der Waals surface area (Å²) in [6.07, 6.45) is 0. The average Bonchev–Trinajstić information content (AvgIpc) is 2.91. The summed E-state index contributed by atoms with van der Waals surface area (Å²) in [6, 6.07) is 12.3. The van der Waals surface area contributed by atoms with E-state index in [1.807, 2.05) is 0 Å². The van der Waals surface area contributed by atoms with Gasteiger partial charge in [-0.05, 0) is 48.5 Å². The molecular weight excluding hydrogens is 435 g/mol. The molecule has 0 saturated heterocycles. The normalized spacial score (nSPS) is 15.2. The van der Waals surface area contributed by atoms with Gasteiger partial charge in [0, 0.05) is 12.6 Å². The van der Waals surface area contributed by atoms with Crippen molar-refractivity contribution < 1.29 is 18.7 Å². The second-order valence-electron chi connectivity index (χ2n) is 7.03. The number of ether oxygens (including phenoxy) is 1. The van der Waals surface area contributed by atoms with E-state index in [4.69, 9.17) is 22.9 Å². The number of likely N-dealkylation sites (N-methyl/N-ethyl adjacent to an activating group) is 1. The molecule has 32 heavy (non-hydrogen) atoms. The number of nitrogens with zero attached hydrogens (tertiary/aromatic N) is 3. The minimum atomic E-state index is -0.969. The standard InChI is InChI=1S/C23H16ClFN4O3/c1-26-15-7-10-19-20(11-15)32-12-18(23(31)29(19)2)28-22(30)17-9-8-16(24)21(27-17)13-3-5-14(25)6-4-13/h3-11,18H,12H2,2H3,(H,28,30)/t18-/m0/s1. The van der Waals surface area contributed by atoms with E-state index in [1.165, 1.54) is 41.3 Å². The molecule has 0 radical (unpaired) electrons. The number of benzene rings is 2. The third kappa shape index (κ3) is 4.11. The van der Waals surface area contributed by atoms with Crippen LogP contribution >= 0.6 is 11.6 Å². The van der Waals surface area contributed by atoms with Gasteiger partial charge in [-0.3, -0.25) is 9.59 Å². The van der Waals surface area contributed by atoms with E-state index in [-0.39, 0.29) is 18.2 Å². The van der Waals surface area contributed by atoms with Crippen molar-refractivity contribution in [2.45, 2.75) is 6.04 Å². The Kier molecular flexibility index (Phi) is 5.75. The highest BCUT2D eigenvalue weighted by Crippen LogP contribution is 2.34. The smallest absolute Gasteiger partial charge is 0.270 e. The number of hydrogen-bond acceptors (Lipinski definition) is 4. The van der Waals surface area contributed by atoms with Crippen LogP contribution in [-0.2, 0) is 4.79 Å². The Balaban J connectivity index is 1.56. The topological polar surface area (TPSA) is 75.9 Å². The van der Waals surface area contributed by atoms with Gasteiger partial charge < -0.3 is 15.0 Å². The van der Waals surface area contributed by atoms with Crippen LogP contribution in [0.25, 0.3) is 16.1 Å². The molecule has 2 heterocycles. The number of hydrogen-bond donors (Lipinski definition) is 1. The quantitative estimate of drug-likeness (QED) is 0.605. The summed E-state index contributed by atoms with van der Waals surface area (Å²) < 4.78 is 18.9. The Hall–Kier alpha value is -3.96. The van der Waals surface area contributed by atoms with E-state index >= 15 is 0 Å². The summed E-state index contributed by atoms with van der Waals surface area (Å²) in [5.74, 6) is -0.984. The first-order valence-corrected chi connectivity index (χ1v) is 9.90. The number of halogens is 2. The van der Waals surface area contributed by atoms with Crippen LogP contribution in [0.2, 0.25) is 5.02 Å². The molecule has 1 aliphatic heterocycles. The number of nitrogens with one attached hydrogen (secondary N) is 1. The number of anilines is 1. The molecule has 7 nitrogen and oxygen atoms in total. The zero-order valence-corrected chi connectivity index (χ0v) is 17.6. The van der Waals surface area contributed by atoms with E-state index in [0.717, 1.165) is 0 Å². The average molecular weight is 451 g/mol. The fraction of sp³-hybridized carbons (Fsp3) is 0.130. The van der Waals surface area contributed by atoms with Crippen molar-refractivity contribution in [1.29, 1.82) is 0 Å². The monoisotopic (exact) mass is 450 g/mol. The van der Waals surface area contributed by atoms with Crippen LogP contribution in [0.4, 0.5) is 15.8 Å². The SMILES string of the molecule is [C-]#[N+]c1ccc2c(c1)OC[C@H](NC(=O)c1ccc(Cl)c(-c3ccc(F)cc3)n1)C(=O)N2C. The molecule has 1 aromatic heterocycles. The molecule has 0 saturated carbocycles. The molecule has 0 bridgehead atoms. The molecule has 1 aliphatic rings. The van der Waals surface area contributed by atoms with Crippen LogP contribution in [0.15, 0.2) is 54.6 Å². The minimum absolute atomic E-state index is 0.0428. The summed E-state index contributed by atoms with van der Waals surface area (Å²) in [4.78, 5) is 34.8. The summed E-state index contributed by atoms with van der Waals surface area (Å²) in [5.41, 5.74) is 1.79. The zero-order valence-electron chi connectivity index (χ0n) is 16.8. The Bertz CT molecular complexity index is 1260. The lowest BCUT2D eigenvalue weighted by Gasteiger charge is -2.20. The molecule has 0 spiro atoms. The van der Waals surface area contributed by atoms with Crippen molar-refractivity contribution in [3.05, 3.63) is 82.5 Å². The summed E-state index contributed by atoms with van der Waals surface area (Å²) in [6.45, 7) is 7.03. The first kappa shape index (κ1) is 21.3. The molecule has 2 amide bonds. The van der Waals surface area contributed by atoms with E-state index < -0.39 is 17.8 Å². The van der Waals surface area contributed by atoms with Crippen molar-refractivity contribution in [3.63, 3.8) is 0 Å². The van der Waals surface area contributed by atoms with Crippen molar-refractivity contribution in [3.8, 4) is 17.0 Å². The molecule has 3 aromatic rings. The number of amides is 2. The predicted molar refractivity (Wildman–Crippen MR) is 118 cm³/mol. The number of aromatic nitrogens is 1. The summed E-state index contributed by atoms with van der Waals surface area (Å²) >= 11 is 6.22. The number of pyridine rings is 1. The number of fused-ring (bicyclic) bond motifs is 1. The molecule has 0 aliphatic carbocycles. The zero-order chi connectivity index (χ0) is 22.8. The van der Waals surface area contributed by atoms with Crippen LogP contribution in [-0.4, -0.2) is 36.5 Å². The van der Waals surface area contributed by atoms with Gasteiger partial charge in [-0.15, -0.1) is 0 Å². The molecule has 9 heteroatoms. The predicted octanol–water partition coefficient (Wildman–Crippen LogP) is 4.25. The Morgan fingerprint density at radius 2 is 2.00 bits per heavy atom. The molecule has 0 fully saturated rings. The van der Waals surface area contributed by atoms with E-state index in [1.54, 1.807) is 25.2 Å². The summed E-state index contributed by atoms with van der Waals surface area (Å²) in [5, 5.41) is 2.94. The van der Waals surface area contributed by atoms with Gasteiger partial charge in [-0.2, -0.15) is 0 Å². The molecule has 2 aromatic carbocycles. The largest absolute Gasteiger partial charge is 0.490 e. The van der Waals surface area contributed by atoms with Crippen LogP contribution in [0, 0.1) is 12.4 Å². The third-order valence-corrected chi connectivity index (χ3v) is 5.27. The molecule has 160 valence electrons. The highest BCUT2D eigenvalue weighted by atomic mass is 35.5. The third-order valence-electron chi connectivity index (χ3n) is 4.97. The lowest BCUT2D eigenvalue weighted by atomic mass is 10.1. The molecule has 0 unspecified atom stereocenters. The van der Waals surface area contributed by atoms with Gasteiger partial charge in [0.2, 0.25) is 0 Å². The highest BCUT2D eigenvalue weighted by molar-refractivity contribution is 6.33. The van der Waals surface area contributed by atoms with Crippen LogP contribution in [0.3, 0.4) is 0 Å². The van der Waals surface area contributed by atoms with E-state index in [2.05, 4.69) is 15.1 Å². The van der Waals surface area contributed by atoms with Crippen molar-refractivity contribution in [1.82, 2.24) is 10.3 Å². The lowest BCUT2D eigenvalue weighted by Crippen LogP contribution is -2.49. The fourth-order valence-electron chi connectivity index (χ4n) is 3.28. The van der Waals surface area contributed by atoms with Gasteiger partial charge in [0.25, 0.3) is 11.8 Å². The molecule has 1 N–H and O–H groups in total. The number of carbonyl (C=O) groups excluding carboxylic acids is 2. The molecule has 1 atom stereocenters. The maximum atomic E-state index is 13.2. The van der Waals surface area contributed by atoms with Crippen LogP contribution in [0.5, 0.6) is 5.75 Å². The number of rotatable bonds is 3. The Morgan fingerprint density at radius 3 is 2.72 bits per heavy atom. The first-order chi connectivity index (χ1) is 15.4. The van der Waals surface area contributed by atoms with Crippen molar-refractivity contribution in [2.24, 2.45) is 0 Å². The lowest BCUT2D eigenvalue weighted by molar-refractivity contribution is -0.120. The van der Waals surface area contributed by atoms with Crippen LogP contribution < -0.4 is 15.0 Å². The Labute approximate surface area is 188 Å². The minimum Gasteiger partial charge on any atom is -0.490 e. The Morgan fingerprint density at radius 1 is 1.25 bits per heavy atom. The van der Waals surface area contributed by atoms with Gasteiger partial charge in [-0.25, -0.2) is 14.2 Å². The maximum Gasteiger partial charge on any atom is 0.270 e. The van der Waals surface area contributed by atoms with E-state index in [9.17, 15) is 14.0 Å². The summed E-state index contributed by atoms with van der Waals surface area (Å²) in [7, 11) is 1.57. The maximum absolute atomic E-state index is 13.2. The van der Waals surface area contributed by atoms with Gasteiger partial charge in [-0.1, -0.05) is 17.7 Å². The second kappa shape index (κ2) is 8.65. The van der Waals surface area contributed by atoms with Gasteiger partial charge in [0.15, 0.2) is 5.69 Å². The van der Waals surface area contributed by atoms with Crippen molar-refractivity contribution >= 4 is 34.8 Å². The molecule has 4 rings (SSSR count). The molecular formula is C23H16ClFN4O3. The first-order valence-electron chi connectivity index (χ1n) is 9.52. The second-order valence-corrected chi connectivity index (χ2v) is 7.44. The van der Waals surface area contributed by atoms with Crippen molar-refractivity contribution in [2.75, 3.05) is 18.6 Å². The van der Waals surface area contributed by atoms with Crippen LogP contribution in [0.1, 0.15) is 10.5 Å². The fourth-order valence-corrected chi connectivity index (χ4v) is 3.49. The number of carbonyl (C=O) groups is 2.